The number of carboxylic acid groups (broad SMARTS) is 1. The van der Waals surface area contributed by atoms with Gasteiger partial charge in [-0.2, -0.15) is 5.10 Å². The Morgan fingerprint density at radius 1 is 1.32 bits per heavy atom. The highest BCUT2D eigenvalue weighted by atomic mass is 16.4. The minimum absolute atomic E-state index is 0.0376. The van der Waals surface area contributed by atoms with Gasteiger partial charge in [0.1, 0.15) is 6.54 Å². The number of aromatic nitrogens is 2. The summed E-state index contributed by atoms with van der Waals surface area (Å²) in [5, 5.41) is 15.4. The van der Waals surface area contributed by atoms with Crippen molar-refractivity contribution < 1.29 is 14.7 Å². The zero-order valence-corrected chi connectivity index (χ0v) is 12.0. The predicted molar refractivity (Wildman–Crippen MR) is 80.4 cm³/mol. The fraction of sp³-hybridized carbons (Fsp3) is 0.312. The van der Waals surface area contributed by atoms with Crippen LogP contribution in [0.25, 0.3) is 0 Å². The number of aryl methyl sites for hydroxylation is 1. The first-order chi connectivity index (χ1) is 10.6. The molecule has 0 radical (unpaired) electrons. The van der Waals surface area contributed by atoms with Crippen LogP contribution in [0.5, 0.6) is 0 Å². The Morgan fingerprint density at radius 3 is 2.86 bits per heavy atom. The molecule has 1 aromatic carbocycles. The monoisotopic (exact) mass is 299 g/mol. The van der Waals surface area contributed by atoms with E-state index in [0.717, 1.165) is 19.3 Å². The predicted octanol–water partition coefficient (Wildman–Crippen LogP) is 1.71. The molecular weight excluding hydrogens is 282 g/mol. The van der Waals surface area contributed by atoms with Crippen molar-refractivity contribution in [1.82, 2.24) is 9.78 Å². The maximum absolute atomic E-state index is 12.3. The normalized spacial score (nSPS) is 16.8. The molecule has 6 heteroatoms. The summed E-state index contributed by atoms with van der Waals surface area (Å²) in [6, 6.07) is 8.20. The van der Waals surface area contributed by atoms with Gasteiger partial charge >= 0.3 is 5.97 Å². The van der Waals surface area contributed by atoms with Crippen LogP contribution in [0.1, 0.15) is 17.5 Å². The number of carbonyl (C=O) groups excluding carboxylic acids is 1. The Labute approximate surface area is 127 Å². The van der Waals surface area contributed by atoms with Crippen molar-refractivity contribution in [3.05, 3.63) is 47.8 Å². The lowest BCUT2D eigenvalue weighted by molar-refractivity contribution is -0.137. The fourth-order valence-electron chi connectivity index (χ4n) is 2.82. The topological polar surface area (TPSA) is 84.2 Å². The molecule has 0 bridgehead atoms. The highest BCUT2D eigenvalue weighted by Crippen LogP contribution is 2.26. The Balaban J connectivity index is 1.63. The van der Waals surface area contributed by atoms with Gasteiger partial charge in [-0.25, -0.2) is 0 Å². The molecule has 2 aromatic rings. The number of rotatable bonds is 4. The van der Waals surface area contributed by atoms with Gasteiger partial charge in [0.05, 0.1) is 11.9 Å². The van der Waals surface area contributed by atoms with Crippen molar-refractivity contribution in [2.75, 3.05) is 5.32 Å². The zero-order valence-electron chi connectivity index (χ0n) is 12.0. The minimum Gasteiger partial charge on any atom is -0.480 e. The van der Waals surface area contributed by atoms with E-state index in [1.807, 2.05) is 12.1 Å². The van der Waals surface area contributed by atoms with Gasteiger partial charge in [0, 0.05) is 12.1 Å². The number of anilines is 1. The van der Waals surface area contributed by atoms with Crippen LogP contribution in [0, 0.1) is 5.92 Å². The SMILES string of the molecule is O=C(O)Cn1cc(NC(=O)C2CCc3ccccc3C2)cn1. The van der Waals surface area contributed by atoms with E-state index in [9.17, 15) is 9.59 Å². The van der Waals surface area contributed by atoms with Crippen LogP contribution in [0.3, 0.4) is 0 Å². The summed E-state index contributed by atoms with van der Waals surface area (Å²) in [5.74, 6) is -1.06. The van der Waals surface area contributed by atoms with Gasteiger partial charge in [0.2, 0.25) is 5.91 Å². The van der Waals surface area contributed by atoms with E-state index in [0.29, 0.717) is 5.69 Å². The number of amides is 1. The lowest BCUT2D eigenvalue weighted by Gasteiger charge is -2.23. The number of aliphatic carboxylic acids is 1. The number of nitrogens with one attached hydrogen (secondary N) is 1. The smallest absolute Gasteiger partial charge is 0.325 e. The van der Waals surface area contributed by atoms with Crippen LogP contribution in [0.15, 0.2) is 36.7 Å². The number of benzene rings is 1. The van der Waals surface area contributed by atoms with Crippen LogP contribution in [-0.2, 0) is 29.0 Å². The molecule has 22 heavy (non-hydrogen) atoms. The first-order valence-corrected chi connectivity index (χ1v) is 7.24. The molecule has 1 aromatic heterocycles. The Hall–Kier alpha value is -2.63. The maximum Gasteiger partial charge on any atom is 0.325 e. The van der Waals surface area contributed by atoms with Crippen LogP contribution in [0.2, 0.25) is 0 Å². The van der Waals surface area contributed by atoms with E-state index >= 15 is 0 Å². The summed E-state index contributed by atoms with van der Waals surface area (Å²) < 4.78 is 1.29. The van der Waals surface area contributed by atoms with Crippen LogP contribution in [0.4, 0.5) is 5.69 Å². The summed E-state index contributed by atoms with van der Waals surface area (Å²) in [4.78, 5) is 23.0. The molecule has 0 spiro atoms. The minimum atomic E-state index is -0.968. The van der Waals surface area contributed by atoms with E-state index in [-0.39, 0.29) is 18.4 Å². The van der Waals surface area contributed by atoms with Gasteiger partial charge in [-0.15, -0.1) is 0 Å². The van der Waals surface area contributed by atoms with Crippen molar-refractivity contribution in [1.29, 1.82) is 0 Å². The van der Waals surface area contributed by atoms with Gasteiger partial charge in [-0.3, -0.25) is 14.3 Å². The molecule has 0 saturated heterocycles. The Bertz CT molecular complexity index is 708. The van der Waals surface area contributed by atoms with Crippen LogP contribution >= 0.6 is 0 Å². The Morgan fingerprint density at radius 2 is 2.09 bits per heavy atom. The first kappa shape index (κ1) is 14.3. The summed E-state index contributed by atoms with van der Waals surface area (Å²) in [6.45, 7) is -0.216. The van der Waals surface area contributed by atoms with E-state index in [1.165, 1.54) is 28.2 Å². The van der Waals surface area contributed by atoms with Gasteiger partial charge in [-0.05, 0) is 30.4 Å². The highest BCUT2D eigenvalue weighted by Gasteiger charge is 2.24. The lowest BCUT2D eigenvalue weighted by atomic mass is 9.83. The van der Waals surface area contributed by atoms with Gasteiger partial charge in [0.15, 0.2) is 0 Å². The molecule has 0 fully saturated rings. The second kappa shape index (κ2) is 6.01. The molecule has 2 N–H and O–H groups in total. The molecule has 0 aliphatic heterocycles. The third-order valence-corrected chi connectivity index (χ3v) is 3.92. The molecule has 1 amide bonds. The number of fused-ring (bicyclic) bond motifs is 1. The molecule has 6 nitrogen and oxygen atoms in total. The van der Waals surface area contributed by atoms with Crippen LogP contribution < -0.4 is 5.32 Å². The van der Waals surface area contributed by atoms with Crippen molar-refractivity contribution in [3.8, 4) is 0 Å². The van der Waals surface area contributed by atoms with Crippen molar-refractivity contribution >= 4 is 17.6 Å². The largest absolute Gasteiger partial charge is 0.480 e. The van der Waals surface area contributed by atoms with Crippen molar-refractivity contribution in [2.24, 2.45) is 5.92 Å². The average molecular weight is 299 g/mol. The van der Waals surface area contributed by atoms with Crippen molar-refractivity contribution in [3.63, 3.8) is 0 Å². The maximum atomic E-state index is 12.3. The second-order valence-electron chi connectivity index (χ2n) is 5.52. The molecule has 3 rings (SSSR count). The van der Waals surface area contributed by atoms with Gasteiger partial charge < -0.3 is 10.4 Å². The first-order valence-electron chi connectivity index (χ1n) is 7.24. The van der Waals surface area contributed by atoms with Crippen LogP contribution in [-0.4, -0.2) is 26.8 Å². The lowest BCUT2D eigenvalue weighted by Crippen LogP contribution is -2.28. The molecule has 1 aliphatic carbocycles. The summed E-state index contributed by atoms with van der Waals surface area (Å²) in [6.07, 6.45) is 5.48. The number of nitrogens with zero attached hydrogens (tertiary/aromatic N) is 2. The molecule has 1 aliphatic rings. The number of hydrogen-bond acceptors (Lipinski definition) is 3. The summed E-state index contributed by atoms with van der Waals surface area (Å²) >= 11 is 0. The second-order valence-corrected chi connectivity index (χ2v) is 5.52. The van der Waals surface area contributed by atoms with Gasteiger partial charge in [0.25, 0.3) is 0 Å². The number of hydrogen-bond donors (Lipinski definition) is 2. The molecule has 114 valence electrons. The fourth-order valence-corrected chi connectivity index (χ4v) is 2.82. The number of carboxylic acids is 1. The molecule has 0 saturated carbocycles. The van der Waals surface area contributed by atoms with E-state index in [4.69, 9.17) is 5.11 Å². The van der Waals surface area contributed by atoms with E-state index < -0.39 is 5.97 Å². The third-order valence-electron chi connectivity index (χ3n) is 3.92. The van der Waals surface area contributed by atoms with Gasteiger partial charge in [-0.1, -0.05) is 24.3 Å². The highest BCUT2D eigenvalue weighted by molar-refractivity contribution is 5.92. The standard InChI is InChI=1S/C16H17N3O3/c20-15(21)10-19-9-14(8-17-19)18-16(22)13-6-5-11-3-1-2-4-12(11)7-13/h1-4,8-9,13H,5-7,10H2,(H,18,22)(H,20,21). The zero-order chi connectivity index (χ0) is 15.5. The molecule has 1 heterocycles. The molecule has 1 unspecified atom stereocenters. The quantitative estimate of drug-likeness (QED) is 0.900. The van der Waals surface area contributed by atoms with Crippen molar-refractivity contribution in [2.45, 2.75) is 25.8 Å². The summed E-state index contributed by atoms with van der Waals surface area (Å²) in [7, 11) is 0. The number of carbonyl (C=O) groups is 2. The molecular formula is C16H17N3O3. The van der Waals surface area contributed by atoms with E-state index in [2.05, 4.69) is 22.5 Å². The van der Waals surface area contributed by atoms with E-state index in [1.54, 1.807) is 0 Å². The molecule has 1 atom stereocenters. The summed E-state index contributed by atoms with van der Waals surface area (Å²) in [5.41, 5.74) is 3.08. The third kappa shape index (κ3) is 3.16. The average Bonchev–Trinajstić information content (AvgIpc) is 2.93. The Kier molecular flexibility index (Phi) is 3.91.